The Balaban J connectivity index is 2.45. The first-order valence-electron chi connectivity index (χ1n) is 5.82. The van der Waals surface area contributed by atoms with Crippen LogP contribution in [0.4, 0.5) is 0 Å². The largest absolute Gasteiger partial charge is 0.352 e. The van der Waals surface area contributed by atoms with E-state index < -0.39 is 5.69 Å². The van der Waals surface area contributed by atoms with Crippen molar-refractivity contribution in [2.75, 3.05) is 0 Å². The normalized spacial score (nSPS) is 10.5. The summed E-state index contributed by atoms with van der Waals surface area (Å²) in [6.07, 6.45) is 2.28. The SMILES string of the molecule is O=Cc1ccccc1-n1c(=O)ncc2ccccc21. The molecule has 0 N–H and O–H groups in total. The average molecular weight is 250 g/mol. The number of benzene rings is 2. The molecule has 2 aromatic carbocycles. The molecule has 0 fully saturated rings. The number of carbonyl (C=O) groups is 1. The molecule has 0 bridgehead atoms. The number of nitrogens with zero attached hydrogens (tertiary/aromatic N) is 2. The molecule has 4 nitrogen and oxygen atoms in total. The highest BCUT2D eigenvalue weighted by atomic mass is 16.1. The fraction of sp³-hybridized carbons (Fsp3) is 0. The minimum Gasteiger partial charge on any atom is -0.298 e. The summed E-state index contributed by atoms with van der Waals surface area (Å²) in [5.74, 6) is 0. The fourth-order valence-electron chi connectivity index (χ4n) is 2.11. The lowest BCUT2D eigenvalue weighted by Gasteiger charge is -2.10. The summed E-state index contributed by atoms with van der Waals surface area (Å²) in [4.78, 5) is 27.0. The minimum absolute atomic E-state index is 0.395. The average Bonchev–Trinajstić information content (AvgIpc) is 2.47. The first kappa shape index (κ1) is 11.3. The summed E-state index contributed by atoms with van der Waals surface area (Å²) in [6, 6.07) is 14.4. The van der Waals surface area contributed by atoms with Crippen LogP contribution in [0.5, 0.6) is 0 Å². The van der Waals surface area contributed by atoms with E-state index in [9.17, 15) is 9.59 Å². The van der Waals surface area contributed by atoms with Crippen LogP contribution in [-0.4, -0.2) is 15.8 Å². The molecule has 0 amide bonds. The molecule has 0 spiro atoms. The number of aldehydes is 1. The van der Waals surface area contributed by atoms with Crippen molar-refractivity contribution in [2.24, 2.45) is 0 Å². The molecule has 0 aliphatic rings. The van der Waals surface area contributed by atoms with E-state index in [-0.39, 0.29) is 0 Å². The minimum atomic E-state index is -0.395. The van der Waals surface area contributed by atoms with Gasteiger partial charge in [0.25, 0.3) is 0 Å². The highest BCUT2D eigenvalue weighted by molar-refractivity contribution is 5.85. The summed E-state index contributed by atoms with van der Waals surface area (Å²) in [7, 11) is 0. The number of aromatic nitrogens is 2. The Morgan fingerprint density at radius 2 is 1.74 bits per heavy atom. The molecular formula is C15H10N2O2. The van der Waals surface area contributed by atoms with Gasteiger partial charge in [0.05, 0.1) is 11.2 Å². The molecule has 0 aliphatic heterocycles. The van der Waals surface area contributed by atoms with Gasteiger partial charge in [0.2, 0.25) is 0 Å². The molecule has 4 heteroatoms. The number of rotatable bonds is 2. The lowest BCUT2D eigenvalue weighted by molar-refractivity contribution is 0.112. The fourth-order valence-corrected chi connectivity index (χ4v) is 2.11. The van der Waals surface area contributed by atoms with Gasteiger partial charge < -0.3 is 0 Å². The zero-order chi connectivity index (χ0) is 13.2. The number of hydrogen-bond acceptors (Lipinski definition) is 3. The van der Waals surface area contributed by atoms with Crippen LogP contribution in [0.25, 0.3) is 16.6 Å². The van der Waals surface area contributed by atoms with Crippen LogP contribution in [-0.2, 0) is 0 Å². The van der Waals surface area contributed by atoms with Gasteiger partial charge in [-0.1, -0.05) is 30.3 Å². The Hall–Kier alpha value is -2.75. The lowest BCUT2D eigenvalue weighted by Crippen LogP contribution is -2.22. The molecule has 1 heterocycles. The molecule has 0 aliphatic carbocycles. The number of hydrogen-bond donors (Lipinski definition) is 0. The molecule has 0 saturated heterocycles. The highest BCUT2D eigenvalue weighted by Gasteiger charge is 2.09. The molecular weight excluding hydrogens is 240 g/mol. The zero-order valence-corrected chi connectivity index (χ0v) is 9.98. The van der Waals surface area contributed by atoms with E-state index in [0.29, 0.717) is 11.3 Å². The molecule has 0 saturated carbocycles. The van der Waals surface area contributed by atoms with Crippen molar-refractivity contribution in [1.82, 2.24) is 9.55 Å². The Kier molecular flexibility index (Phi) is 2.68. The summed E-state index contributed by atoms with van der Waals surface area (Å²) in [6.45, 7) is 0. The van der Waals surface area contributed by atoms with Crippen molar-refractivity contribution < 1.29 is 4.79 Å². The van der Waals surface area contributed by atoms with Crippen molar-refractivity contribution in [3.8, 4) is 5.69 Å². The quantitative estimate of drug-likeness (QED) is 0.655. The van der Waals surface area contributed by atoms with Gasteiger partial charge in [0.15, 0.2) is 6.29 Å². The van der Waals surface area contributed by atoms with Crippen LogP contribution in [0.15, 0.2) is 59.5 Å². The number of fused-ring (bicyclic) bond motifs is 1. The predicted molar refractivity (Wildman–Crippen MR) is 72.7 cm³/mol. The first-order chi connectivity index (χ1) is 9.31. The summed E-state index contributed by atoms with van der Waals surface area (Å²) in [5, 5.41) is 0.850. The second-order valence-electron chi connectivity index (χ2n) is 4.11. The van der Waals surface area contributed by atoms with E-state index >= 15 is 0 Å². The van der Waals surface area contributed by atoms with Crippen molar-refractivity contribution >= 4 is 17.2 Å². The Morgan fingerprint density at radius 1 is 1.00 bits per heavy atom. The van der Waals surface area contributed by atoms with Crippen LogP contribution < -0.4 is 5.69 Å². The Labute approximate surface area is 109 Å². The monoisotopic (exact) mass is 250 g/mol. The Bertz CT molecular complexity index is 821. The highest BCUT2D eigenvalue weighted by Crippen LogP contribution is 2.17. The van der Waals surface area contributed by atoms with E-state index in [1.165, 1.54) is 10.8 Å². The van der Waals surface area contributed by atoms with E-state index in [1.807, 2.05) is 24.3 Å². The third-order valence-corrected chi connectivity index (χ3v) is 2.99. The van der Waals surface area contributed by atoms with E-state index in [4.69, 9.17) is 0 Å². The maximum Gasteiger partial charge on any atom is 0.352 e. The Morgan fingerprint density at radius 3 is 2.58 bits per heavy atom. The predicted octanol–water partition coefficient (Wildman–Crippen LogP) is 2.20. The first-order valence-corrected chi connectivity index (χ1v) is 5.82. The molecule has 3 rings (SSSR count). The van der Waals surface area contributed by atoms with Gasteiger partial charge in [0, 0.05) is 17.1 Å². The molecule has 0 radical (unpaired) electrons. The van der Waals surface area contributed by atoms with Gasteiger partial charge in [-0.15, -0.1) is 0 Å². The molecule has 1 aromatic heterocycles. The maximum absolute atomic E-state index is 12.0. The van der Waals surface area contributed by atoms with Gasteiger partial charge in [-0.3, -0.25) is 9.36 Å². The van der Waals surface area contributed by atoms with E-state index in [2.05, 4.69) is 4.98 Å². The molecule has 92 valence electrons. The number of para-hydroxylation sites is 2. The van der Waals surface area contributed by atoms with E-state index in [0.717, 1.165) is 17.2 Å². The van der Waals surface area contributed by atoms with Crippen molar-refractivity contribution in [3.63, 3.8) is 0 Å². The van der Waals surface area contributed by atoms with Crippen LogP contribution in [0, 0.1) is 0 Å². The van der Waals surface area contributed by atoms with Crippen LogP contribution in [0.1, 0.15) is 10.4 Å². The lowest BCUT2D eigenvalue weighted by atomic mass is 10.1. The van der Waals surface area contributed by atoms with Gasteiger partial charge in [-0.2, -0.15) is 0 Å². The summed E-state index contributed by atoms with van der Waals surface area (Å²) in [5.41, 5.74) is 1.35. The molecule has 3 aromatic rings. The van der Waals surface area contributed by atoms with Gasteiger partial charge in [-0.05, 0) is 18.2 Å². The second kappa shape index (κ2) is 4.49. The molecule has 19 heavy (non-hydrogen) atoms. The van der Waals surface area contributed by atoms with Crippen molar-refractivity contribution in [1.29, 1.82) is 0 Å². The maximum atomic E-state index is 12.0. The summed E-state index contributed by atoms with van der Waals surface area (Å²) < 4.78 is 1.46. The van der Waals surface area contributed by atoms with Gasteiger partial charge in [-0.25, -0.2) is 9.78 Å². The van der Waals surface area contributed by atoms with Crippen molar-refractivity contribution in [2.45, 2.75) is 0 Å². The third kappa shape index (κ3) is 1.83. The second-order valence-corrected chi connectivity index (χ2v) is 4.11. The van der Waals surface area contributed by atoms with Gasteiger partial charge >= 0.3 is 5.69 Å². The van der Waals surface area contributed by atoms with Crippen LogP contribution in [0.3, 0.4) is 0 Å². The number of carbonyl (C=O) groups excluding carboxylic acids is 1. The molecule has 0 unspecified atom stereocenters. The van der Waals surface area contributed by atoms with Crippen molar-refractivity contribution in [3.05, 3.63) is 70.8 Å². The third-order valence-electron chi connectivity index (χ3n) is 2.99. The zero-order valence-electron chi connectivity index (χ0n) is 9.98. The topological polar surface area (TPSA) is 52.0 Å². The summed E-state index contributed by atoms with van der Waals surface area (Å²) >= 11 is 0. The van der Waals surface area contributed by atoms with Crippen LogP contribution in [0.2, 0.25) is 0 Å². The standard InChI is InChI=1S/C15H10N2O2/c18-10-12-6-2-4-8-14(12)17-13-7-3-1-5-11(13)9-16-15(17)19/h1-10H. The smallest absolute Gasteiger partial charge is 0.298 e. The van der Waals surface area contributed by atoms with E-state index in [1.54, 1.807) is 24.3 Å². The van der Waals surface area contributed by atoms with Gasteiger partial charge in [0.1, 0.15) is 0 Å². The molecule has 0 atom stereocenters. The van der Waals surface area contributed by atoms with Crippen LogP contribution >= 0.6 is 0 Å².